The van der Waals surface area contributed by atoms with E-state index in [0.29, 0.717) is 0 Å². The van der Waals surface area contributed by atoms with Gasteiger partial charge >= 0.3 is 0 Å². The molecule has 0 aliphatic rings. The Morgan fingerprint density at radius 3 is 0.791 bits per heavy atom. The number of rotatable bonds is 8. The van der Waals surface area contributed by atoms with Crippen molar-refractivity contribution >= 4 is 168 Å². The first kappa shape index (κ1) is 51.0. The van der Waals surface area contributed by atoms with E-state index in [-0.39, 0.29) is 0 Å². The Morgan fingerprint density at radius 1 is 0.233 bits per heavy atom. The molecular weight excluding hydrogens is 1230 g/mol. The van der Waals surface area contributed by atoms with E-state index in [9.17, 15) is 0 Å². The average molecular weight is 1280 g/mol. The summed E-state index contributed by atoms with van der Waals surface area (Å²) >= 11 is 6.35. The third kappa shape index (κ3) is 7.20. The standard InChI is InChI=1S/C40H24BrIO2.C40H26O2/c1-43-23-13-9-21(10-14-23)33-37-27-7-3-5-25-31(41)19-17-29(35(25)27)39(37)34(22-11-15-24(44-2)16-12-22)38-28-8-4-6-26-32(42)20-18-30(36(26)28)40(33)38;1-41-27-19-15-25(16-20-27)35-37-29-11-3-7-23-9-5-13-31(33(23)29)39(37)36(26-17-21-28(42-2)22-18-26)40-32-14-6-10-24-8-4-12-30(34(24)32)38(35)40/h3-20H,1-2H3;3-22H,1-2H3. The van der Waals surface area contributed by atoms with Crippen LogP contribution in [0.15, 0.2) is 235 Å². The Hall–Kier alpha value is -9.47. The van der Waals surface area contributed by atoms with Crippen molar-refractivity contribution < 1.29 is 18.9 Å². The van der Waals surface area contributed by atoms with E-state index < -0.39 is 0 Å². The zero-order valence-corrected chi connectivity index (χ0v) is 51.1. The van der Waals surface area contributed by atoms with Gasteiger partial charge in [0, 0.05) is 8.04 Å². The third-order valence-electron chi connectivity index (χ3n) is 18.5. The predicted molar refractivity (Wildman–Crippen MR) is 376 cm³/mol. The minimum absolute atomic E-state index is 0.853. The van der Waals surface area contributed by atoms with Crippen LogP contribution in [-0.2, 0) is 0 Å². The third-order valence-corrected chi connectivity index (χ3v) is 20.1. The monoisotopic (exact) mass is 1280 g/mol. The second-order valence-electron chi connectivity index (χ2n) is 22.5. The summed E-state index contributed by atoms with van der Waals surface area (Å²) in [5.74, 6) is 3.42. The Balaban J connectivity index is 0.000000135. The highest BCUT2D eigenvalue weighted by molar-refractivity contribution is 14.1. The lowest BCUT2D eigenvalue weighted by Gasteiger charge is -2.16. The number of hydrogen-bond donors (Lipinski definition) is 0. The lowest BCUT2D eigenvalue weighted by Crippen LogP contribution is -1.89. The van der Waals surface area contributed by atoms with Gasteiger partial charge in [0.25, 0.3) is 0 Å². The molecule has 0 unspecified atom stereocenters. The number of halogens is 2. The minimum atomic E-state index is 0.853. The van der Waals surface area contributed by atoms with Gasteiger partial charge in [-0.25, -0.2) is 0 Å². The lowest BCUT2D eigenvalue weighted by molar-refractivity contribution is 0.415. The van der Waals surface area contributed by atoms with Gasteiger partial charge in [-0.3, -0.25) is 0 Å². The molecule has 0 bridgehead atoms. The summed E-state index contributed by atoms with van der Waals surface area (Å²) in [5, 5.41) is 31.1. The number of fused-ring (bicyclic) bond motifs is 12. The molecule has 0 spiro atoms. The molecule has 18 aromatic rings. The van der Waals surface area contributed by atoms with E-state index in [1.165, 1.54) is 177 Å². The van der Waals surface area contributed by atoms with E-state index >= 15 is 0 Å². The zero-order chi connectivity index (χ0) is 57.6. The van der Waals surface area contributed by atoms with Crippen LogP contribution in [-0.4, -0.2) is 28.4 Å². The molecule has 0 aliphatic carbocycles. The van der Waals surface area contributed by atoms with Crippen molar-refractivity contribution in [3.63, 3.8) is 0 Å². The number of methoxy groups -OCH3 is 4. The lowest BCUT2D eigenvalue weighted by atomic mass is 9.87. The van der Waals surface area contributed by atoms with Crippen molar-refractivity contribution in [3.05, 3.63) is 239 Å². The fourth-order valence-electron chi connectivity index (χ4n) is 14.9. The van der Waals surface area contributed by atoms with Gasteiger partial charge < -0.3 is 18.9 Å². The zero-order valence-electron chi connectivity index (χ0n) is 47.3. The fraction of sp³-hybridized carbons (Fsp3) is 0.0500. The molecular formula is C80H50BrIO4. The first-order valence-electron chi connectivity index (χ1n) is 28.9. The van der Waals surface area contributed by atoms with Crippen molar-refractivity contribution in [2.24, 2.45) is 0 Å². The smallest absolute Gasteiger partial charge is 0.118 e. The van der Waals surface area contributed by atoms with E-state index in [2.05, 4.69) is 269 Å². The second kappa shape index (κ2) is 19.5. The van der Waals surface area contributed by atoms with Crippen LogP contribution in [0.25, 0.3) is 174 Å². The highest BCUT2D eigenvalue weighted by atomic mass is 127. The highest BCUT2D eigenvalue weighted by Crippen LogP contribution is 2.58. The van der Waals surface area contributed by atoms with Gasteiger partial charge in [-0.1, -0.05) is 186 Å². The van der Waals surface area contributed by atoms with Crippen molar-refractivity contribution in [1.82, 2.24) is 0 Å². The van der Waals surface area contributed by atoms with Gasteiger partial charge in [-0.15, -0.1) is 0 Å². The summed E-state index contributed by atoms with van der Waals surface area (Å²) in [6, 6.07) is 83.9. The van der Waals surface area contributed by atoms with Crippen LogP contribution in [0, 0.1) is 3.57 Å². The topological polar surface area (TPSA) is 36.9 Å². The maximum absolute atomic E-state index is 5.59. The van der Waals surface area contributed by atoms with Gasteiger partial charge in [0.05, 0.1) is 28.4 Å². The van der Waals surface area contributed by atoms with Gasteiger partial charge in [0.1, 0.15) is 23.0 Å². The van der Waals surface area contributed by atoms with Gasteiger partial charge in [-0.2, -0.15) is 0 Å². The second-order valence-corrected chi connectivity index (χ2v) is 24.5. The molecule has 0 N–H and O–H groups in total. The summed E-state index contributed by atoms with van der Waals surface area (Å²) in [7, 11) is 6.90. The molecule has 0 saturated carbocycles. The quantitative estimate of drug-likeness (QED) is 0.142. The molecule has 0 saturated heterocycles. The number of hydrogen-bond acceptors (Lipinski definition) is 4. The number of ether oxygens (including phenoxy) is 4. The highest BCUT2D eigenvalue weighted by Gasteiger charge is 2.30. The van der Waals surface area contributed by atoms with E-state index in [4.69, 9.17) is 18.9 Å². The first-order chi connectivity index (χ1) is 42.3. The summed E-state index contributed by atoms with van der Waals surface area (Å²) in [5.41, 5.74) is 9.87. The first-order valence-corrected chi connectivity index (χ1v) is 30.8. The van der Waals surface area contributed by atoms with Crippen LogP contribution in [0.4, 0.5) is 0 Å². The van der Waals surface area contributed by atoms with Crippen LogP contribution < -0.4 is 18.9 Å². The average Bonchev–Trinajstić information content (AvgIpc) is 1.56. The molecule has 0 aliphatic heterocycles. The van der Waals surface area contributed by atoms with Gasteiger partial charge in [0.15, 0.2) is 0 Å². The Bertz CT molecular complexity index is 5210. The predicted octanol–water partition coefficient (Wildman–Crippen LogP) is 23.0. The molecule has 0 heterocycles. The molecule has 18 aromatic carbocycles. The summed E-state index contributed by atoms with van der Waals surface area (Å²) in [4.78, 5) is 0. The Labute approximate surface area is 517 Å². The summed E-state index contributed by atoms with van der Waals surface area (Å²) in [6.07, 6.45) is 0. The van der Waals surface area contributed by atoms with Crippen molar-refractivity contribution in [3.8, 4) is 67.5 Å². The van der Waals surface area contributed by atoms with Gasteiger partial charge in [0.2, 0.25) is 0 Å². The normalized spacial score (nSPS) is 12.1. The number of benzene rings is 14. The molecule has 0 amide bonds. The van der Waals surface area contributed by atoms with Crippen molar-refractivity contribution in [2.45, 2.75) is 0 Å². The molecule has 0 aromatic heterocycles. The largest absolute Gasteiger partial charge is 0.497 e. The maximum Gasteiger partial charge on any atom is 0.118 e. The maximum atomic E-state index is 5.59. The SMILES string of the molecule is COc1ccc(-c2c3c4ccc(Br)c5cccc(c3c(-c3ccc(OC)cc3)c3c6ccc(I)c7cccc(c23)c76)c54)cc1.COc1ccc(-c2c3c4cccc5cccc(c3c(-c3ccc(OC)cc3)c3c6cccc7cccc(c23)c76)c54)cc1. The summed E-state index contributed by atoms with van der Waals surface area (Å²) in [6.45, 7) is 0. The molecule has 4 nitrogen and oxygen atoms in total. The molecule has 18 rings (SSSR count). The van der Waals surface area contributed by atoms with Crippen LogP contribution in [0.1, 0.15) is 0 Å². The van der Waals surface area contributed by atoms with E-state index in [1.54, 1.807) is 28.4 Å². The minimum Gasteiger partial charge on any atom is -0.497 e. The van der Waals surface area contributed by atoms with Crippen LogP contribution >= 0.6 is 38.5 Å². The molecule has 86 heavy (non-hydrogen) atoms. The molecule has 6 heteroatoms. The molecule has 0 fully saturated rings. The molecule has 408 valence electrons. The van der Waals surface area contributed by atoms with Crippen molar-refractivity contribution in [1.29, 1.82) is 0 Å². The van der Waals surface area contributed by atoms with Crippen LogP contribution in [0.3, 0.4) is 0 Å². The Kier molecular flexibility index (Phi) is 11.6. The van der Waals surface area contributed by atoms with Crippen LogP contribution in [0.5, 0.6) is 23.0 Å². The molecule has 0 atom stereocenters. The fourth-order valence-corrected chi connectivity index (χ4v) is 16.0. The van der Waals surface area contributed by atoms with E-state index in [0.717, 1.165) is 27.5 Å². The van der Waals surface area contributed by atoms with E-state index in [1.807, 2.05) is 0 Å². The van der Waals surface area contributed by atoms with Crippen LogP contribution in [0.2, 0.25) is 0 Å². The van der Waals surface area contributed by atoms with Crippen molar-refractivity contribution in [2.75, 3.05) is 28.4 Å². The Morgan fingerprint density at radius 2 is 0.477 bits per heavy atom. The summed E-state index contributed by atoms with van der Waals surface area (Å²) < 4.78 is 24.7. The molecule has 0 radical (unpaired) electrons. The van der Waals surface area contributed by atoms with Gasteiger partial charge in [-0.05, 0) is 257 Å².